The Labute approximate surface area is 173 Å². The van der Waals surface area contributed by atoms with E-state index in [1.165, 1.54) is 6.20 Å². The Bertz CT molecular complexity index is 1040. The Balaban J connectivity index is 1.62. The first-order chi connectivity index (χ1) is 14.1. The Hall–Kier alpha value is -2.27. The van der Waals surface area contributed by atoms with Crippen molar-refractivity contribution in [2.24, 2.45) is 0 Å². The van der Waals surface area contributed by atoms with Crippen LogP contribution in [-0.4, -0.2) is 58.1 Å². The minimum absolute atomic E-state index is 0.0169. The summed E-state index contributed by atoms with van der Waals surface area (Å²) in [7, 11) is 0. The number of hydrogen-bond donors (Lipinski definition) is 1. The van der Waals surface area contributed by atoms with Crippen molar-refractivity contribution in [3.63, 3.8) is 0 Å². The minimum atomic E-state index is -4.29. The van der Waals surface area contributed by atoms with Gasteiger partial charge in [-0.05, 0) is 36.7 Å². The molecule has 0 atom stereocenters. The molecule has 1 aliphatic heterocycles. The van der Waals surface area contributed by atoms with Crippen molar-refractivity contribution in [1.82, 2.24) is 9.47 Å². The van der Waals surface area contributed by atoms with E-state index in [0.29, 0.717) is 31.7 Å². The quantitative estimate of drug-likeness (QED) is 0.711. The fourth-order valence-corrected chi connectivity index (χ4v) is 4.28. The summed E-state index contributed by atoms with van der Waals surface area (Å²) in [5.74, 6) is -2.17. The highest BCUT2D eigenvalue weighted by atomic mass is 32.2. The molecule has 1 aromatic carbocycles. The summed E-state index contributed by atoms with van der Waals surface area (Å²) in [5.41, 5.74) is -4.67. The summed E-state index contributed by atoms with van der Waals surface area (Å²) in [6.45, 7) is 1.41. The van der Waals surface area contributed by atoms with E-state index in [1.807, 2.05) is 0 Å². The molecule has 1 N–H and O–H groups in total. The molecule has 0 unspecified atom stereocenters. The first-order valence-corrected chi connectivity index (χ1v) is 10.4. The highest BCUT2D eigenvalue weighted by molar-refractivity contribution is 8.00. The van der Waals surface area contributed by atoms with Crippen LogP contribution in [0.2, 0.25) is 0 Å². The number of benzene rings is 1. The molecule has 1 saturated heterocycles. The van der Waals surface area contributed by atoms with Crippen molar-refractivity contribution in [1.29, 1.82) is 0 Å². The normalized spacial score (nSPS) is 18.2. The van der Waals surface area contributed by atoms with Crippen LogP contribution < -0.4 is 10.3 Å². The highest BCUT2D eigenvalue weighted by Gasteiger charge is 2.31. The van der Waals surface area contributed by atoms with Crippen molar-refractivity contribution < 1.29 is 27.5 Å². The largest absolute Gasteiger partial charge is 0.477 e. The summed E-state index contributed by atoms with van der Waals surface area (Å²) in [5, 5.41) is 9.32. The number of anilines is 1. The lowest BCUT2D eigenvalue weighted by atomic mass is 10.1. The summed E-state index contributed by atoms with van der Waals surface area (Å²) < 4.78 is 53.7. The number of halogens is 4. The Kier molecular flexibility index (Phi) is 5.43. The number of carboxylic acid groups (broad SMARTS) is 1. The Morgan fingerprint density at radius 2 is 1.83 bits per heavy atom. The van der Waals surface area contributed by atoms with E-state index in [2.05, 4.69) is 0 Å². The number of hydrogen-bond acceptors (Lipinski definition) is 5. The zero-order valence-corrected chi connectivity index (χ0v) is 16.6. The number of aromatic nitrogens is 1. The number of nitrogens with zero attached hydrogens (tertiary/aromatic N) is 3. The van der Waals surface area contributed by atoms with Crippen molar-refractivity contribution in [3.05, 3.63) is 39.9 Å². The second-order valence-corrected chi connectivity index (χ2v) is 8.47. The van der Waals surface area contributed by atoms with Gasteiger partial charge in [-0.15, -0.1) is 0 Å². The molecule has 1 saturated carbocycles. The standard InChI is InChI=1S/C19H19F4N3O3S/c20-14-7-12-15(26(11-1-2-11)9-13(17(12)27)18(28)29)8-16(14)25-5-3-24(4-6-25)10-30-19(21,22)23/h7-9,11H,1-6,10H2,(H,28,29). The second kappa shape index (κ2) is 7.77. The Morgan fingerprint density at radius 3 is 2.40 bits per heavy atom. The van der Waals surface area contributed by atoms with E-state index in [1.54, 1.807) is 20.4 Å². The van der Waals surface area contributed by atoms with Crippen molar-refractivity contribution in [2.45, 2.75) is 24.4 Å². The van der Waals surface area contributed by atoms with Gasteiger partial charge in [0.15, 0.2) is 0 Å². The van der Waals surface area contributed by atoms with Gasteiger partial charge < -0.3 is 14.6 Å². The maximum atomic E-state index is 14.9. The van der Waals surface area contributed by atoms with E-state index < -0.39 is 28.3 Å². The number of rotatable bonds is 5. The van der Waals surface area contributed by atoms with Crippen LogP contribution in [0.25, 0.3) is 10.9 Å². The number of alkyl halides is 3. The zero-order chi connectivity index (χ0) is 21.6. The van der Waals surface area contributed by atoms with Gasteiger partial charge in [0, 0.05) is 43.8 Å². The molecule has 2 fully saturated rings. The highest BCUT2D eigenvalue weighted by Crippen LogP contribution is 2.38. The van der Waals surface area contributed by atoms with E-state index in [4.69, 9.17) is 0 Å². The Morgan fingerprint density at radius 1 is 1.17 bits per heavy atom. The molecule has 0 bridgehead atoms. The first-order valence-electron chi connectivity index (χ1n) is 9.44. The lowest BCUT2D eigenvalue weighted by Crippen LogP contribution is -2.46. The van der Waals surface area contributed by atoms with Gasteiger partial charge >= 0.3 is 11.5 Å². The summed E-state index contributed by atoms with van der Waals surface area (Å²) >= 11 is -0.0932. The van der Waals surface area contributed by atoms with E-state index in [0.717, 1.165) is 18.9 Å². The SMILES string of the molecule is O=C(O)c1cn(C2CC2)c2cc(N3CCN(CSC(F)(F)F)CC3)c(F)cc2c1=O. The van der Waals surface area contributed by atoms with Crippen molar-refractivity contribution >= 4 is 34.3 Å². The van der Waals surface area contributed by atoms with Gasteiger partial charge in [-0.2, -0.15) is 13.2 Å². The topological polar surface area (TPSA) is 65.8 Å². The van der Waals surface area contributed by atoms with Gasteiger partial charge in [0.2, 0.25) is 5.43 Å². The smallest absolute Gasteiger partial charge is 0.443 e. The third kappa shape index (κ3) is 4.27. The van der Waals surface area contributed by atoms with Crippen LogP contribution in [0.5, 0.6) is 0 Å². The van der Waals surface area contributed by atoms with E-state index in [-0.39, 0.29) is 34.8 Å². The van der Waals surface area contributed by atoms with E-state index in [9.17, 15) is 32.3 Å². The van der Waals surface area contributed by atoms with Gasteiger partial charge in [-0.25, -0.2) is 9.18 Å². The summed E-state index contributed by atoms with van der Waals surface area (Å²) in [4.78, 5) is 27.3. The number of fused-ring (bicyclic) bond motifs is 1. The van der Waals surface area contributed by atoms with Crippen LogP contribution in [-0.2, 0) is 0 Å². The average Bonchev–Trinajstić information content (AvgIpc) is 3.51. The molecule has 1 aliphatic carbocycles. The van der Waals surface area contributed by atoms with Crippen molar-refractivity contribution in [3.8, 4) is 0 Å². The maximum absolute atomic E-state index is 14.9. The molecule has 0 amide bonds. The molecule has 1 aromatic heterocycles. The molecule has 0 radical (unpaired) electrons. The molecule has 162 valence electrons. The number of carbonyl (C=O) groups is 1. The molecule has 2 aromatic rings. The van der Waals surface area contributed by atoms with Crippen LogP contribution >= 0.6 is 11.8 Å². The van der Waals surface area contributed by atoms with Gasteiger partial charge in [0.05, 0.1) is 17.1 Å². The van der Waals surface area contributed by atoms with Crippen LogP contribution in [0, 0.1) is 5.82 Å². The van der Waals surface area contributed by atoms with Crippen molar-refractivity contribution in [2.75, 3.05) is 37.0 Å². The summed E-state index contributed by atoms with van der Waals surface area (Å²) in [6, 6.07) is 2.70. The monoisotopic (exact) mass is 445 g/mol. The minimum Gasteiger partial charge on any atom is -0.477 e. The lowest BCUT2D eigenvalue weighted by molar-refractivity contribution is -0.0335. The lowest BCUT2D eigenvalue weighted by Gasteiger charge is -2.36. The molecule has 30 heavy (non-hydrogen) atoms. The van der Waals surface area contributed by atoms with Crippen LogP contribution in [0.3, 0.4) is 0 Å². The molecule has 4 rings (SSSR count). The summed E-state index contributed by atoms with van der Waals surface area (Å²) in [6.07, 6.45) is 3.01. The third-order valence-electron chi connectivity index (χ3n) is 5.40. The predicted molar refractivity (Wildman–Crippen MR) is 106 cm³/mol. The molecular weight excluding hydrogens is 426 g/mol. The van der Waals surface area contributed by atoms with Crippen LogP contribution in [0.1, 0.15) is 29.2 Å². The van der Waals surface area contributed by atoms with Gasteiger partial charge in [-0.3, -0.25) is 9.69 Å². The van der Waals surface area contributed by atoms with E-state index >= 15 is 0 Å². The molecule has 6 nitrogen and oxygen atoms in total. The fourth-order valence-electron chi connectivity index (χ4n) is 3.69. The van der Waals surface area contributed by atoms with Gasteiger partial charge in [0.25, 0.3) is 0 Å². The zero-order valence-electron chi connectivity index (χ0n) is 15.8. The molecular formula is C19H19F4N3O3S. The third-order valence-corrected chi connectivity index (χ3v) is 6.22. The fraction of sp³-hybridized carbons (Fsp3) is 0.474. The number of aromatic carboxylic acids is 1. The number of piperazine rings is 1. The molecule has 11 heteroatoms. The number of thioether (sulfide) groups is 1. The van der Waals surface area contributed by atoms with Gasteiger partial charge in [0.1, 0.15) is 11.4 Å². The molecule has 2 heterocycles. The average molecular weight is 445 g/mol. The molecule has 0 spiro atoms. The van der Waals surface area contributed by atoms with Crippen LogP contribution in [0.4, 0.5) is 23.2 Å². The molecule has 2 aliphatic rings. The van der Waals surface area contributed by atoms with Crippen LogP contribution in [0.15, 0.2) is 23.1 Å². The second-order valence-electron chi connectivity index (χ2n) is 7.46. The first kappa shape index (κ1) is 21.0. The number of pyridine rings is 1. The van der Waals surface area contributed by atoms with Gasteiger partial charge in [-0.1, -0.05) is 0 Å². The maximum Gasteiger partial charge on any atom is 0.443 e. The predicted octanol–water partition coefficient (Wildman–Crippen LogP) is 3.51. The number of carboxylic acids is 1.